The van der Waals surface area contributed by atoms with Gasteiger partial charge in [0.05, 0.1) is 23.6 Å². The van der Waals surface area contributed by atoms with E-state index in [2.05, 4.69) is 25.6 Å². The number of anilines is 3. The maximum atomic E-state index is 11.8. The van der Waals surface area contributed by atoms with Crippen LogP contribution in [0, 0.1) is 5.92 Å². The van der Waals surface area contributed by atoms with Crippen molar-refractivity contribution in [3.63, 3.8) is 0 Å². The highest BCUT2D eigenvalue weighted by Gasteiger charge is 2.19. The van der Waals surface area contributed by atoms with Gasteiger partial charge in [-0.25, -0.2) is 9.97 Å². The molecule has 9 nitrogen and oxygen atoms in total. The molecule has 0 saturated heterocycles. The Hall–Kier alpha value is -3.75. The number of nitrogens with zero attached hydrogens (tertiary/aromatic N) is 3. The molecule has 1 aromatic carbocycles. The van der Waals surface area contributed by atoms with Gasteiger partial charge in [-0.1, -0.05) is 32.0 Å². The van der Waals surface area contributed by atoms with E-state index in [1.807, 2.05) is 44.2 Å². The Kier molecular flexibility index (Phi) is 5.87. The fourth-order valence-electron chi connectivity index (χ4n) is 2.90. The number of hydrogen-bond acceptors (Lipinski definition) is 7. The predicted octanol–water partition coefficient (Wildman–Crippen LogP) is 2.18. The first kappa shape index (κ1) is 20.0. The van der Waals surface area contributed by atoms with E-state index >= 15 is 0 Å². The molecule has 0 spiro atoms. The third-order valence-electron chi connectivity index (χ3n) is 4.23. The molecule has 3 aromatic rings. The van der Waals surface area contributed by atoms with Crippen LogP contribution in [0.1, 0.15) is 30.8 Å². The van der Waals surface area contributed by atoms with E-state index < -0.39 is 17.9 Å². The quantitative estimate of drug-likeness (QED) is 0.458. The van der Waals surface area contributed by atoms with E-state index in [1.165, 1.54) is 6.20 Å². The molecule has 29 heavy (non-hydrogen) atoms. The summed E-state index contributed by atoms with van der Waals surface area (Å²) in [6, 6.07) is 8.90. The molecule has 0 aliphatic heterocycles. The van der Waals surface area contributed by atoms with Gasteiger partial charge in [-0.05, 0) is 24.5 Å². The lowest BCUT2D eigenvalue weighted by Gasteiger charge is -2.18. The van der Waals surface area contributed by atoms with Gasteiger partial charge >= 0.3 is 0 Å². The first-order chi connectivity index (χ1) is 13.8. The summed E-state index contributed by atoms with van der Waals surface area (Å²) in [6.45, 7) is 3.97. The van der Waals surface area contributed by atoms with Gasteiger partial charge in [0.25, 0.3) is 5.91 Å². The average molecular weight is 393 g/mol. The SMILES string of the molecule is CC(C)C[C@@H](Nc1cnc(C(N)=O)c(Nc2cnc3ccccc3c2)n1)C(N)=O. The van der Waals surface area contributed by atoms with Crippen LogP contribution >= 0.6 is 0 Å². The molecule has 0 radical (unpaired) electrons. The van der Waals surface area contributed by atoms with Gasteiger partial charge in [0.2, 0.25) is 5.91 Å². The number of amides is 2. The molecular formula is C20H23N7O2. The van der Waals surface area contributed by atoms with E-state index in [9.17, 15) is 9.59 Å². The van der Waals surface area contributed by atoms with Crippen LogP contribution in [0.3, 0.4) is 0 Å². The van der Waals surface area contributed by atoms with Crippen LogP contribution in [0.5, 0.6) is 0 Å². The van der Waals surface area contributed by atoms with E-state index in [1.54, 1.807) is 6.20 Å². The summed E-state index contributed by atoms with van der Waals surface area (Å²) in [4.78, 5) is 36.4. The van der Waals surface area contributed by atoms with Crippen molar-refractivity contribution in [2.45, 2.75) is 26.3 Å². The topological polar surface area (TPSA) is 149 Å². The van der Waals surface area contributed by atoms with Crippen molar-refractivity contribution in [3.8, 4) is 0 Å². The zero-order chi connectivity index (χ0) is 21.0. The third kappa shape index (κ3) is 4.95. The normalized spacial score (nSPS) is 12.0. The summed E-state index contributed by atoms with van der Waals surface area (Å²) in [6.07, 6.45) is 3.51. The number of nitrogens with one attached hydrogen (secondary N) is 2. The average Bonchev–Trinajstić information content (AvgIpc) is 2.67. The zero-order valence-corrected chi connectivity index (χ0v) is 16.2. The Morgan fingerprint density at radius 2 is 1.86 bits per heavy atom. The molecule has 0 bridgehead atoms. The van der Waals surface area contributed by atoms with E-state index in [4.69, 9.17) is 11.5 Å². The second-order valence-electron chi connectivity index (χ2n) is 7.09. The molecule has 9 heteroatoms. The molecule has 2 aromatic heterocycles. The van der Waals surface area contributed by atoms with Gasteiger partial charge in [0.15, 0.2) is 11.5 Å². The smallest absolute Gasteiger partial charge is 0.271 e. The number of nitrogens with two attached hydrogens (primary N) is 2. The molecule has 3 rings (SSSR count). The van der Waals surface area contributed by atoms with Gasteiger partial charge in [-0.15, -0.1) is 0 Å². The summed E-state index contributed by atoms with van der Waals surface area (Å²) in [7, 11) is 0. The molecule has 0 fully saturated rings. The lowest BCUT2D eigenvalue weighted by molar-refractivity contribution is -0.119. The highest BCUT2D eigenvalue weighted by atomic mass is 16.1. The van der Waals surface area contributed by atoms with E-state index in [0.717, 1.165) is 10.9 Å². The number of primary amides is 2. The predicted molar refractivity (Wildman–Crippen MR) is 112 cm³/mol. The number of benzene rings is 1. The van der Waals surface area contributed by atoms with Crippen LogP contribution in [0.15, 0.2) is 42.7 Å². The summed E-state index contributed by atoms with van der Waals surface area (Å²) in [5, 5.41) is 6.93. The first-order valence-corrected chi connectivity index (χ1v) is 9.18. The highest BCUT2D eigenvalue weighted by Crippen LogP contribution is 2.22. The van der Waals surface area contributed by atoms with Crippen molar-refractivity contribution < 1.29 is 9.59 Å². The number of carbonyl (C=O) groups is 2. The molecule has 0 unspecified atom stereocenters. The Bertz CT molecular complexity index is 1050. The van der Waals surface area contributed by atoms with Crippen molar-refractivity contribution in [3.05, 3.63) is 48.4 Å². The molecule has 1 atom stereocenters. The van der Waals surface area contributed by atoms with Crippen molar-refractivity contribution >= 4 is 40.0 Å². The minimum Gasteiger partial charge on any atom is -0.368 e. The maximum absolute atomic E-state index is 11.8. The Morgan fingerprint density at radius 3 is 2.55 bits per heavy atom. The van der Waals surface area contributed by atoms with Gasteiger partial charge in [0, 0.05) is 5.39 Å². The number of hydrogen-bond donors (Lipinski definition) is 4. The minimum atomic E-state index is -0.728. The van der Waals surface area contributed by atoms with Gasteiger partial charge in [-0.2, -0.15) is 0 Å². The lowest BCUT2D eigenvalue weighted by atomic mass is 10.0. The van der Waals surface area contributed by atoms with Crippen LogP contribution in [-0.2, 0) is 4.79 Å². The van der Waals surface area contributed by atoms with E-state index in [-0.39, 0.29) is 17.4 Å². The van der Waals surface area contributed by atoms with Crippen molar-refractivity contribution in [1.82, 2.24) is 15.0 Å². The summed E-state index contributed by atoms with van der Waals surface area (Å²) < 4.78 is 0. The van der Waals surface area contributed by atoms with Crippen LogP contribution in [0.4, 0.5) is 17.3 Å². The van der Waals surface area contributed by atoms with Gasteiger partial charge in [0.1, 0.15) is 11.9 Å². The molecule has 0 aliphatic carbocycles. The zero-order valence-electron chi connectivity index (χ0n) is 16.2. The molecule has 6 N–H and O–H groups in total. The standard InChI is InChI=1S/C20H23N7O2/c1-11(2)7-15(18(21)28)26-16-10-24-17(19(22)29)20(27-16)25-13-8-12-5-3-4-6-14(12)23-9-13/h3-6,8-11,15H,7H2,1-2H3,(H2,21,28)(H2,22,29)(H2,25,26,27)/t15-/m1/s1. The second-order valence-corrected chi connectivity index (χ2v) is 7.09. The molecule has 0 saturated carbocycles. The number of rotatable bonds is 8. The minimum absolute atomic E-state index is 0.0248. The molecular weight excluding hydrogens is 370 g/mol. The highest BCUT2D eigenvalue weighted by molar-refractivity contribution is 5.96. The maximum Gasteiger partial charge on any atom is 0.271 e. The van der Waals surface area contributed by atoms with Crippen LogP contribution < -0.4 is 22.1 Å². The largest absolute Gasteiger partial charge is 0.368 e. The number of pyridine rings is 1. The molecule has 2 amide bonds. The second kappa shape index (κ2) is 8.51. The fourth-order valence-corrected chi connectivity index (χ4v) is 2.90. The van der Waals surface area contributed by atoms with Gasteiger partial charge < -0.3 is 22.1 Å². The lowest BCUT2D eigenvalue weighted by Crippen LogP contribution is -2.37. The number of carbonyl (C=O) groups excluding carboxylic acids is 2. The fraction of sp³-hybridized carbons (Fsp3) is 0.250. The number of para-hydroxylation sites is 1. The van der Waals surface area contributed by atoms with Crippen LogP contribution in [0.25, 0.3) is 10.9 Å². The number of aromatic nitrogens is 3. The Balaban J connectivity index is 1.91. The summed E-state index contributed by atoms with van der Waals surface area (Å²) >= 11 is 0. The molecule has 0 aliphatic rings. The summed E-state index contributed by atoms with van der Waals surface area (Å²) in [5.41, 5.74) is 12.3. The summed E-state index contributed by atoms with van der Waals surface area (Å²) in [5.74, 6) is -0.510. The van der Waals surface area contributed by atoms with Crippen LogP contribution in [0.2, 0.25) is 0 Å². The van der Waals surface area contributed by atoms with Crippen LogP contribution in [-0.4, -0.2) is 32.8 Å². The van der Waals surface area contributed by atoms with Crippen molar-refractivity contribution in [2.24, 2.45) is 17.4 Å². The first-order valence-electron chi connectivity index (χ1n) is 9.18. The van der Waals surface area contributed by atoms with Crippen molar-refractivity contribution in [2.75, 3.05) is 10.6 Å². The number of fused-ring (bicyclic) bond motifs is 1. The molecule has 2 heterocycles. The Labute approximate surface area is 167 Å². The van der Waals surface area contributed by atoms with Crippen molar-refractivity contribution in [1.29, 1.82) is 0 Å². The monoisotopic (exact) mass is 393 g/mol. The van der Waals surface area contributed by atoms with E-state index in [0.29, 0.717) is 17.9 Å². The Morgan fingerprint density at radius 1 is 1.10 bits per heavy atom. The van der Waals surface area contributed by atoms with Gasteiger partial charge in [-0.3, -0.25) is 14.6 Å². The third-order valence-corrected chi connectivity index (χ3v) is 4.23. The molecule has 150 valence electrons.